The second kappa shape index (κ2) is 6.15. The first-order chi connectivity index (χ1) is 12.6. The summed E-state index contributed by atoms with van der Waals surface area (Å²) in [6.45, 7) is 4.30. The van der Waals surface area contributed by atoms with Crippen molar-refractivity contribution >= 4 is 11.8 Å². The van der Waals surface area contributed by atoms with Gasteiger partial charge in [-0.05, 0) is 80.1 Å². The predicted octanol–water partition coefficient (Wildman–Crippen LogP) is 3.29. The number of hydrogen-bond acceptors (Lipinski definition) is 4. The van der Waals surface area contributed by atoms with E-state index in [0.29, 0.717) is 17.8 Å². The fourth-order valence-electron chi connectivity index (χ4n) is 7.56. The van der Waals surface area contributed by atoms with Gasteiger partial charge < -0.3 is 15.3 Å². The lowest BCUT2D eigenvalue weighted by Gasteiger charge is -2.61. The van der Waals surface area contributed by atoms with Crippen molar-refractivity contribution in [1.82, 2.24) is 0 Å². The number of rotatable bonds is 3. The van der Waals surface area contributed by atoms with E-state index in [1.54, 1.807) is 6.08 Å². The highest BCUT2D eigenvalue weighted by atomic mass is 16.5. The maximum atomic E-state index is 12.0. The van der Waals surface area contributed by atoms with E-state index in [-0.39, 0.29) is 30.0 Å². The zero-order chi connectivity index (χ0) is 19.6. The van der Waals surface area contributed by atoms with Crippen molar-refractivity contribution in [1.29, 1.82) is 0 Å². The van der Waals surface area contributed by atoms with Crippen molar-refractivity contribution in [3.05, 3.63) is 11.6 Å². The minimum absolute atomic E-state index is 0.159. The largest absolute Gasteiger partial charge is 0.481 e. The number of fused-ring (bicyclic) bond motifs is 5. The van der Waals surface area contributed by atoms with Gasteiger partial charge in [0.25, 0.3) is 0 Å². The minimum atomic E-state index is -1.97. The third kappa shape index (κ3) is 2.65. The molecular weight excluding hydrogens is 344 g/mol. The zero-order valence-corrected chi connectivity index (χ0v) is 16.4. The maximum absolute atomic E-state index is 12.0. The van der Waals surface area contributed by atoms with Gasteiger partial charge in [-0.2, -0.15) is 0 Å². The van der Waals surface area contributed by atoms with Crippen molar-refractivity contribution in [2.45, 2.75) is 77.4 Å². The highest BCUT2D eigenvalue weighted by Gasteiger charge is 2.64. The number of aliphatic carboxylic acids is 1. The predicted molar refractivity (Wildman–Crippen MR) is 99.6 cm³/mol. The van der Waals surface area contributed by atoms with E-state index in [4.69, 9.17) is 5.11 Å². The Morgan fingerprint density at radius 2 is 1.89 bits per heavy atom. The lowest BCUT2D eigenvalue weighted by atomic mass is 9.45. The molecule has 3 fully saturated rings. The van der Waals surface area contributed by atoms with Crippen LogP contribution in [-0.2, 0) is 9.59 Å². The first kappa shape index (κ1) is 19.1. The van der Waals surface area contributed by atoms with Crippen molar-refractivity contribution in [3.63, 3.8) is 0 Å². The normalized spacial score (nSPS) is 45.5. The number of carboxylic acid groups (broad SMARTS) is 1. The van der Waals surface area contributed by atoms with Crippen molar-refractivity contribution in [2.24, 2.45) is 34.5 Å². The van der Waals surface area contributed by atoms with Gasteiger partial charge in [-0.1, -0.05) is 19.4 Å². The molecule has 0 spiro atoms. The first-order valence-corrected chi connectivity index (χ1v) is 10.5. The molecule has 4 aliphatic rings. The van der Waals surface area contributed by atoms with Gasteiger partial charge in [0.05, 0.1) is 6.42 Å². The molecule has 6 atom stereocenters. The molecule has 0 amide bonds. The van der Waals surface area contributed by atoms with Crippen LogP contribution in [0, 0.1) is 34.5 Å². The third-order valence-corrected chi connectivity index (χ3v) is 9.08. The van der Waals surface area contributed by atoms with Crippen LogP contribution in [0.3, 0.4) is 0 Å². The molecule has 0 radical (unpaired) electrons. The van der Waals surface area contributed by atoms with Gasteiger partial charge in [-0.25, -0.2) is 0 Å². The molecule has 0 bridgehead atoms. The van der Waals surface area contributed by atoms with Crippen LogP contribution in [0.15, 0.2) is 11.6 Å². The molecule has 0 aromatic rings. The molecule has 27 heavy (non-hydrogen) atoms. The van der Waals surface area contributed by atoms with E-state index < -0.39 is 17.2 Å². The monoisotopic (exact) mass is 376 g/mol. The van der Waals surface area contributed by atoms with Crippen LogP contribution in [0.2, 0.25) is 0 Å². The lowest BCUT2D eigenvalue weighted by molar-refractivity contribution is -0.263. The number of carboxylic acids is 1. The standard InChI is InChI=1S/C22H32O5/c1-20-10-9-18-16(17(20)7-4-13(20)5-8-19(24)25)6-3-14-11-15(23)12-22(26,27)21(14,18)2/h11,13,16-18,26-27H,3-10,12H2,1-2H3,(H,24,25)/t13-,16-,17-,18-,20+,21-/m0/s1. The molecular formula is C22H32O5. The van der Waals surface area contributed by atoms with Crippen LogP contribution in [0.5, 0.6) is 0 Å². The topological polar surface area (TPSA) is 94.8 Å². The Kier molecular flexibility index (Phi) is 4.36. The molecule has 5 nitrogen and oxygen atoms in total. The van der Waals surface area contributed by atoms with Gasteiger partial charge in [0.1, 0.15) is 0 Å². The lowest BCUT2D eigenvalue weighted by Crippen LogP contribution is -2.61. The summed E-state index contributed by atoms with van der Waals surface area (Å²) in [4.78, 5) is 23.1. The third-order valence-electron chi connectivity index (χ3n) is 9.08. The van der Waals surface area contributed by atoms with Gasteiger partial charge in [-0.3, -0.25) is 9.59 Å². The molecule has 3 N–H and O–H groups in total. The quantitative estimate of drug-likeness (QED) is 0.657. The van der Waals surface area contributed by atoms with Crippen LogP contribution in [-0.4, -0.2) is 32.9 Å². The minimum Gasteiger partial charge on any atom is -0.481 e. The first-order valence-electron chi connectivity index (χ1n) is 10.5. The second-order valence-electron chi connectivity index (χ2n) is 10.00. The molecule has 3 saturated carbocycles. The van der Waals surface area contributed by atoms with Gasteiger partial charge in [-0.15, -0.1) is 0 Å². The van der Waals surface area contributed by atoms with E-state index in [1.165, 1.54) is 0 Å². The summed E-state index contributed by atoms with van der Waals surface area (Å²) in [5.41, 5.74) is 0.338. The summed E-state index contributed by atoms with van der Waals surface area (Å²) in [5, 5.41) is 30.8. The van der Waals surface area contributed by atoms with Gasteiger partial charge in [0, 0.05) is 11.8 Å². The van der Waals surface area contributed by atoms with Crippen LogP contribution in [0.25, 0.3) is 0 Å². The van der Waals surface area contributed by atoms with E-state index in [1.807, 2.05) is 6.92 Å². The molecule has 0 aromatic carbocycles. The average molecular weight is 376 g/mol. The molecule has 0 saturated heterocycles. The molecule has 5 heteroatoms. The molecule has 0 aliphatic heterocycles. The summed E-state index contributed by atoms with van der Waals surface area (Å²) in [5.74, 6) is -1.29. The van der Waals surface area contributed by atoms with Gasteiger partial charge >= 0.3 is 5.97 Å². The summed E-state index contributed by atoms with van der Waals surface area (Å²) in [6.07, 6.45) is 8.35. The Hall–Kier alpha value is -1.20. The maximum Gasteiger partial charge on any atom is 0.303 e. The summed E-state index contributed by atoms with van der Waals surface area (Å²) < 4.78 is 0. The summed E-state index contributed by atoms with van der Waals surface area (Å²) in [7, 11) is 0. The van der Waals surface area contributed by atoms with Crippen LogP contribution in [0.4, 0.5) is 0 Å². The number of ketones is 1. The molecule has 0 aromatic heterocycles. The number of hydrogen-bond donors (Lipinski definition) is 3. The Labute approximate surface area is 160 Å². The molecule has 0 unspecified atom stereocenters. The Bertz CT molecular complexity index is 695. The van der Waals surface area contributed by atoms with Gasteiger partial charge in [0.15, 0.2) is 11.6 Å². The van der Waals surface area contributed by atoms with E-state index >= 15 is 0 Å². The number of carbonyl (C=O) groups is 2. The zero-order valence-electron chi connectivity index (χ0n) is 16.4. The highest BCUT2D eigenvalue weighted by Crippen LogP contribution is 2.68. The Morgan fingerprint density at radius 1 is 1.15 bits per heavy atom. The van der Waals surface area contributed by atoms with Gasteiger partial charge in [0.2, 0.25) is 0 Å². The number of aliphatic hydroxyl groups is 2. The Morgan fingerprint density at radius 3 is 2.59 bits per heavy atom. The molecule has 150 valence electrons. The van der Waals surface area contributed by atoms with Crippen molar-refractivity contribution in [3.8, 4) is 0 Å². The second-order valence-corrected chi connectivity index (χ2v) is 10.00. The fraction of sp³-hybridized carbons (Fsp3) is 0.818. The highest BCUT2D eigenvalue weighted by molar-refractivity contribution is 5.92. The smallest absolute Gasteiger partial charge is 0.303 e. The molecule has 4 rings (SSSR count). The van der Waals surface area contributed by atoms with Crippen LogP contribution < -0.4 is 0 Å². The van der Waals surface area contributed by atoms with Crippen molar-refractivity contribution < 1.29 is 24.9 Å². The summed E-state index contributed by atoms with van der Waals surface area (Å²) >= 11 is 0. The van der Waals surface area contributed by atoms with Crippen LogP contribution in [0.1, 0.15) is 71.6 Å². The van der Waals surface area contributed by atoms with E-state index in [9.17, 15) is 19.8 Å². The number of carbonyl (C=O) groups excluding carboxylic acids is 1. The van der Waals surface area contributed by atoms with Crippen molar-refractivity contribution in [2.75, 3.05) is 0 Å². The van der Waals surface area contributed by atoms with Crippen LogP contribution >= 0.6 is 0 Å². The molecule has 0 heterocycles. The fourth-order valence-corrected chi connectivity index (χ4v) is 7.56. The molecule has 4 aliphatic carbocycles. The van der Waals surface area contributed by atoms with E-state index in [0.717, 1.165) is 50.5 Å². The average Bonchev–Trinajstić information content (AvgIpc) is 2.90. The SMILES string of the molecule is C[C@]12CC[C@H]3[C@@H](CCC4=CC(=O)CC(O)(O)[C@@]43C)[C@@H]1CC[C@H]2CCC(=O)O. The Balaban J connectivity index is 1.63. The van der Waals surface area contributed by atoms with E-state index in [2.05, 4.69) is 6.92 Å². The summed E-state index contributed by atoms with van der Waals surface area (Å²) in [6, 6.07) is 0.